The fourth-order valence-corrected chi connectivity index (χ4v) is 3.69. The van der Waals surface area contributed by atoms with E-state index < -0.39 is 0 Å². The molecule has 4 unspecified atom stereocenters. The van der Waals surface area contributed by atoms with Gasteiger partial charge in [0, 0.05) is 12.6 Å². The minimum absolute atomic E-state index is 0.800. The maximum absolute atomic E-state index is 5.74. The van der Waals surface area contributed by atoms with Gasteiger partial charge in [-0.25, -0.2) is 0 Å². The van der Waals surface area contributed by atoms with Crippen LogP contribution in [0.2, 0.25) is 0 Å². The second-order valence-corrected chi connectivity index (χ2v) is 5.54. The summed E-state index contributed by atoms with van der Waals surface area (Å²) in [4.78, 5) is 2.75. The number of hydrogen-bond donors (Lipinski definition) is 1. The highest BCUT2D eigenvalue weighted by atomic mass is 15.2. The smallest absolute Gasteiger partial charge is 0.0126 e. The van der Waals surface area contributed by atoms with Gasteiger partial charge < -0.3 is 5.73 Å². The zero-order valence-electron chi connectivity index (χ0n) is 8.99. The summed E-state index contributed by atoms with van der Waals surface area (Å²) in [5.41, 5.74) is 5.74. The monoisotopic (exact) mass is 194 g/mol. The molecule has 3 aliphatic rings. The van der Waals surface area contributed by atoms with Crippen molar-refractivity contribution >= 4 is 0 Å². The third kappa shape index (κ3) is 1.49. The number of fused-ring (bicyclic) bond motifs is 1. The number of hydrogen-bond acceptors (Lipinski definition) is 2. The first-order valence-electron chi connectivity index (χ1n) is 6.32. The molecule has 0 aromatic heterocycles. The van der Waals surface area contributed by atoms with Crippen molar-refractivity contribution in [3.8, 4) is 0 Å². The highest BCUT2D eigenvalue weighted by molar-refractivity contribution is 5.00. The maximum Gasteiger partial charge on any atom is 0.0126 e. The van der Waals surface area contributed by atoms with Crippen LogP contribution in [0.4, 0.5) is 0 Å². The molecule has 0 aromatic rings. The molecule has 2 nitrogen and oxygen atoms in total. The van der Waals surface area contributed by atoms with Gasteiger partial charge in [0.15, 0.2) is 0 Å². The standard InChI is InChI=1S/C12H22N2/c13-7-9-4-5-14(8-9)12-3-1-2-10-6-11(10)12/h9-12H,1-8,13H2. The molecule has 2 saturated carbocycles. The van der Waals surface area contributed by atoms with E-state index in [1.54, 1.807) is 0 Å². The highest BCUT2D eigenvalue weighted by Gasteiger charge is 2.47. The van der Waals surface area contributed by atoms with Crippen LogP contribution in [0.15, 0.2) is 0 Å². The first kappa shape index (κ1) is 9.17. The molecule has 80 valence electrons. The van der Waals surface area contributed by atoms with Gasteiger partial charge in [-0.1, -0.05) is 12.8 Å². The SMILES string of the molecule is NCC1CCN(C2CCCC3CC32)C1. The molecule has 3 rings (SSSR count). The van der Waals surface area contributed by atoms with Crippen molar-refractivity contribution in [1.82, 2.24) is 4.90 Å². The minimum atomic E-state index is 0.800. The van der Waals surface area contributed by atoms with E-state index in [1.165, 1.54) is 45.2 Å². The Morgan fingerprint density at radius 1 is 1.21 bits per heavy atom. The molecule has 2 N–H and O–H groups in total. The van der Waals surface area contributed by atoms with Crippen molar-refractivity contribution in [3.63, 3.8) is 0 Å². The Labute approximate surface area is 86.8 Å². The van der Waals surface area contributed by atoms with Crippen LogP contribution >= 0.6 is 0 Å². The average molecular weight is 194 g/mol. The molecule has 0 amide bonds. The van der Waals surface area contributed by atoms with E-state index in [4.69, 9.17) is 5.73 Å². The zero-order chi connectivity index (χ0) is 9.54. The largest absolute Gasteiger partial charge is 0.330 e. The van der Waals surface area contributed by atoms with E-state index in [0.29, 0.717) is 0 Å². The molecular formula is C12H22N2. The lowest BCUT2D eigenvalue weighted by Crippen LogP contribution is -2.37. The molecule has 1 saturated heterocycles. The van der Waals surface area contributed by atoms with Gasteiger partial charge in [0.1, 0.15) is 0 Å². The van der Waals surface area contributed by atoms with E-state index in [2.05, 4.69) is 4.90 Å². The average Bonchev–Trinajstić information content (AvgIpc) is 2.86. The van der Waals surface area contributed by atoms with Crippen LogP contribution in [-0.2, 0) is 0 Å². The summed E-state index contributed by atoms with van der Waals surface area (Å²) in [5.74, 6) is 3.00. The molecule has 1 heterocycles. The van der Waals surface area contributed by atoms with Crippen LogP contribution in [0, 0.1) is 17.8 Å². The van der Waals surface area contributed by atoms with Gasteiger partial charge >= 0.3 is 0 Å². The van der Waals surface area contributed by atoms with Crippen molar-refractivity contribution in [2.75, 3.05) is 19.6 Å². The second kappa shape index (κ2) is 3.49. The van der Waals surface area contributed by atoms with E-state index >= 15 is 0 Å². The summed E-state index contributed by atoms with van der Waals surface area (Å²) < 4.78 is 0. The molecule has 0 spiro atoms. The molecule has 0 bridgehead atoms. The molecule has 0 aromatic carbocycles. The van der Waals surface area contributed by atoms with Crippen LogP contribution < -0.4 is 5.73 Å². The Morgan fingerprint density at radius 2 is 2.14 bits per heavy atom. The summed E-state index contributed by atoms with van der Waals surface area (Å²) in [6.07, 6.45) is 7.36. The fraction of sp³-hybridized carbons (Fsp3) is 1.00. The predicted octanol–water partition coefficient (Wildman–Crippen LogP) is 1.46. The number of rotatable bonds is 2. The van der Waals surface area contributed by atoms with Gasteiger partial charge in [0.25, 0.3) is 0 Å². The van der Waals surface area contributed by atoms with Crippen LogP contribution in [0.3, 0.4) is 0 Å². The minimum Gasteiger partial charge on any atom is -0.330 e. The van der Waals surface area contributed by atoms with Crippen molar-refractivity contribution in [1.29, 1.82) is 0 Å². The number of nitrogens with two attached hydrogens (primary N) is 1. The molecule has 2 aliphatic carbocycles. The van der Waals surface area contributed by atoms with E-state index in [0.717, 1.165) is 30.3 Å². The van der Waals surface area contributed by atoms with Crippen LogP contribution in [-0.4, -0.2) is 30.6 Å². The lowest BCUT2D eigenvalue weighted by molar-refractivity contribution is 0.172. The first-order valence-corrected chi connectivity index (χ1v) is 6.32. The normalized spacial score (nSPS) is 47.8. The third-order valence-electron chi connectivity index (χ3n) is 4.67. The predicted molar refractivity (Wildman–Crippen MR) is 58.0 cm³/mol. The molecule has 1 aliphatic heterocycles. The summed E-state index contributed by atoms with van der Waals surface area (Å²) in [5, 5.41) is 0. The zero-order valence-corrected chi connectivity index (χ0v) is 8.99. The Kier molecular flexibility index (Phi) is 2.29. The topological polar surface area (TPSA) is 29.3 Å². The third-order valence-corrected chi connectivity index (χ3v) is 4.67. The summed E-state index contributed by atoms with van der Waals surface area (Å²) >= 11 is 0. The van der Waals surface area contributed by atoms with Gasteiger partial charge in [0.2, 0.25) is 0 Å². The number of nitrogens with zero attached hydrogens (tertiary/aromatic N) is 1. The van der Waals surface area contributed by atoms with Gasteiger partial charge in [-0.2, -0.15) is 0 Å². The molecule has 14 heavy (non-hydrogen) atoms. The Hall–Kier alpha value is -0.0800. The Balaban J connectivity index is 1.60. The van der Waals surface area contributed by atoms with E-state index in [-0.39, 0.29) is 0 Å². The van der Waals surface area contributed by atoms with Crippen molar-refractivity contribution in [2.24, 2.45) is 23.5 Å². The quantitative estimate of drug-likeness (QED) is 0.721. The van der Waals surface area contributed by atoms with E-state index in [1.807, 2.05) is 0 Å². The Morgan fingerprint density at radius 3 is 2.93 bits per heavy atom. The lowest BCUT2D eigenvalue weighted by Gasteiger charge is -2.31. The van der Waals surface area contributed by atoms with Gasteiger partial charge in [0.05, 0.1) is 0 Å². The maximum atomic E-state index is 5.74. The fourth-order valence-electron chi connectivity index (χ4n) is 3.69. The van der Waals surface area contributed by atoms with E-state index in [9.17, 15) is 0 Å². The van der Waals surface area contributed by atoms with Gasteiger partial charge in [-0.15, -0.1) is 0 Å². The summed E-state index contributed by atoms with van der Waals surface area (Å²) in [6.45, 7) is 3.53. The summed E-state index contributed by atoms with van der Waals surface area (Å²) in [7, 11) is 0. The summed E-state index contributed by atoms with van der Waals surface area (Å²) in [6, 6.07) is 0.949. The van der Waals surface area contributed by atoms with Crippen LogP contribution in [0.1, 0.15) is 32.1 Å². The number of likely N-dealkylation sites (tertiary alicyclic amines) is 1. The van der Waals surface area contributed by atoms with Crippen molar-refractivity contribution < 1.29 is 0 Å². The molecular weight excluding hydrogens is 172 g/mol. The van der Waals surface area contributed by atoms with Gasteiger partial charge in [-0.3, -0.25) is 4.90 Å². The van der Waals surface area contributed by atoms with Crippen LogP contribution in [0.25, 0.3) is 0 Å². The highest BCUT2D eigenvalue weighted by Crippen LogP contribution is 2.51. The van der Waals surface area contributed by atoms with Crippen molar-refractivity contribution in [2.45, 2.75) is 38.1 Å². The first-order chi connectivity index (χ1) is 6.88. The molecule has 4 atom stereocenters. The molecule has 0 radical (unpaired) electrons. The molecule has 2 heteroatoms. The van der Waals surface area contributed by atoms with Crippen LogP contribution in [0.5, 0.6) is 0 Å². The molecule has 3 fully saturated rings. The lowest BCUT2D eigenvalue weighted by atomic mass is 9.94. The van der Waals surface area contributed by atoms with Gasteiger partial charge in [-0.05, 0) is 50.1 Å². The second-order valence-electron chi connectivity index (χ2n) is 5.54. The Bertz CT molecular complexity index is 216. The van der Waals surface area contributed by atoms with Crippen molar-refractivity contribution in [3.05, 3.63) is 0 Å².